The quantitative estimate of drug-likeness (QED) is 0.697. The molecule has 1 amide bonds. The van der Waals surface area contributed by atoms with Crippen LogP contribution < -0.4 is 10.2 Å². The average Bonchev–Trinajstić information content (AvgIpc) is 2.49. The van der Waals surface area contributed by atoms with E-state index in [1.807, 2.05) is 37.1 Å². The van der Waals surface area contributed by atoms with Gasteiger partial charge in [-0.15, -0.1) is 0 Å². The zero-order chi connectivity index (χ0) is 19.0. The van der Waals surface area contributed by atoms with E-state index in [0.717, 1.165) is 17.8 Å². The Bertz CT molecular complexity index is 596. The fourth-order valence-electron chi connectivity index (χ4n) is 1.98. The highest BCUT2D eigenvalue weighted by Gasteiger charge is 2.18. The van der Waals surface area contributed by atoms with Gasteiger partial charge in [-0.1, -0.05) is 6.07 Å². The largest absolute Gasteiger partial charge is 0.481 e. The van der Waals surface area contributed by atoms with Crippen LogP contribution in [0.25, 0.3) is 0 Å². The van der Waals surface area contributed by atoms with Crippen molar-refractivity contribution in [3.63, 3.8) is 0 Å². The molecule has 1 aromatic rings. The zero-order valence-corrected chi connectivity index (χ0v) is 15.6. The van der Waals surface area contributed by atoms with Crippen molar-refractivity contribution in [3.05, 3.63) is 23.8 Å². The highest BCUT2D eigenvalue weighted by Crippen LogP contribution is 2.25. The van der Waals surface area contributed by atoms with Crippen LogP contribution in [-0.4, -0.2) is 43.0 Å². The minimum Gasteiger partial charge on any atom is -0.481 e. The molecule has 0 aliphatic heterocycles. The van der Waals surface area contributed by atoms with Crippen LogP contribution in [0.15, 0.2) is 18.2 Å². The van der Waals surface area contributed by atoms with E-state index in [0.29, 0.717) is 5.69 Å². The second kappa shape index (κ2) is 9.27. The van der Waals surface area contributed by atoms with Crippen molar-refractivity contribution in [2.24, 2.45) is 0 Å². The maximum Gasteiger partial charge on any atom is 0.412 e. The Balaban J connectivity index is 2.90. The molecule has 7 nitrogen and oxygen atoms in total. The van der Waals surface area contributed by atoms with Crippen LogP contribution in [0.1, 0.15) is 39.7 Å². The Hall–Kier alpha value is -2.28. The molecule has 0 bridgehead atoms. The Morgan fingerprint density at radius 2 is 1.96 bits per heavy atom. The number of carboxylic acid groups (broad SMARTS) is 1. The number of carboxylic acids is 1. The molecule has 0 aliphatic carbocycles. The van der Waals surface area contributed by atoms with E-state index in [1.54, 1.807) is 20.8 Å². The van der Waals surface area contributed by atoms with Gasteiger partial charge in [0.25, 0.3) is 0 Å². The Morgan fingerprint density at radius 1 is 1.28 bits per heavy atom. The van der Waals surface area contributed by atoms with Crippen LogP contribution in [0, 0.1) is 0 Å². The van der Waals surface area contributed by atoms with Crippen molar-refractivity contribution in [1.82, 2.24) is 0 Å². The molecule has 0 atom stereocenters. The molecule has 1 aromatic carbocycles. The van der Waals surface area contributed by atoms with E-state index in [1.165, 1.54) is 0 Å². The highest BCUT2D eigenvalue weighted by molar-refractivity contribution is 5.87. The molecule has 0 saturated carbocycles. The van der Waals surface area contributed by atoms with Crippen molar-refractivity contribution in [2.45, 2.75) is 46.3 Å². The van der Waals surface area contributed by atoms with Crippen LogP contribution in [0.2, 0.25) is 0 Å². The minimum absolute atomic E-state index is 0.0640. The summed E-state index contributed by atoms with van der Waals surface area (Å²) in [5.41, 5.74) is 1.69. The normalized spacial score (nSPS) is 11.1. The maximum absolute atomic E-state index is 12.1. The highest BCUT2D eigenvalue weighted by atomic mass is 16.6. The summed E-state index contributed by atoms with van der Waals surface area (Å²) in [4.78, 5) is 24.7. The van der Waals surface area contributed by atoms with E-state index >= 15 is 0 Å². The Labute approximate surface area is 148 Å². The van der Waals surface area contributed by atoms with Crippen molar-refractivity contribution >= 4 is 23.4 Å². The van der Waals surface area contributed by atoms with Crippen molar-refractivity contribution in [3.8, 4) is 0 Å². The summed E-state index contributed by atoms with van der Waals surface area (Å²) in [6.45, 7) is 8.55. The first-order valence-corrected chi connectivity index (χ1v) is 8.26. The van der Waals surface area contributed by atoms with Gasteiger partial charge >= 0.3 is 12.1 Å². The minimum atomic E-state index is -0.910. The van der Waals surface area contributed by atoms with E-state index in [2.05, 4.69) is 5.32 Å². The zero-order valence-electron chi connectivity index (χ0n) is 15.6. The van der Waals surface area contributed by atoms with Gasteiger partial charge in [0.15, 0.2) is 0 Å². The third-order valence-electron chi connectivity index (χ3n) is 3.36. The lowest BCUT2D eigenvalue weighted by Gasteiger charge is -2.22. The number of amides is 1. The number of carbonyl (C=O) groups excluding carboxylic acids is 1. The first-order chi connectivity index (χ1) is 11.6. The third kappa shape index (κ3) is 7.89. The second-order valence-electron chi connectivity index (χ2n) is 6.68. The fourth-order valence-corrected chi connectivity index (χ4v) is 1.98. The molecule has 2 N–H and O–H groups in total. The number of carbonyl (C=O) groups is 2. The van der Waals surface area contributed by atoms with E-state index in [9.17, 15) is 9.59 Å². The number of benzene rings is 1. The lowest BCUT2D eigenvalue weighted by atomic mass is 10.1. The summed E-state index contributed by atoms with van der Waals surface area (Å²) in [7, 11) is 1.95. The van der Waals surface area contributed by atoms with Gasteiger partial charge in [-0.05, 0) is 39.8 Å². The molecular formula is C18H28N2O5. The van der Waals surface area contributed by atoms with Crippen molar-refractivity contribution in [1.29, 1.82) is 0 Å². The predicted molar refractivity (Wildman–Crippen MR) is 97.2 cm³/mol. The molecule has 0 spiro atoms. The van der Waals surface area contributed by atoms with E-state index < -0.39 is 17.7 Å². The molecular weight excluding hydrogens is 324 g/mol. The number of rotatable bonds is 8. The maximum atomic E-state index is 12.1. The van der Waals surface area contributed by atoms with Crippen LogP contribution in [0.5, 0.6) is 0 Å². The molecule has 7 heteroatoms. The third-order valence-corrected chi connectivity index (χ3v) is 3.36. The van der Waals surface area contributed by atoms with Gasteiger partial charge in [0.05, 0.1) is 25.3 Å². The van der Waals surface area contributed by atoms with Crippen molar-refractivity contribution < 1.29 is 24.2 Å². The monoisotopic (exact) mass is 352 g/mol. The summed E-state index contributed by atoms with van der Waals surface area (Å²) in [5.74, 6) is -0.910. The molecule has 0 fully saturated rings. The van der Waals surface area contributed by atoms with Gasteiger partial charge < -0.3 is 19.5 Å². The van der Waals surface area contributed by atoms with Crippen LogP contribution in [0.3, 0.4) is 0 Å². The molecule has 0 aliphatic rings. The number of anilines is 2. The molecule has 0 radical (unpaired) electrons. The summed E-state index contributed by atoms with van der Waals surface area (Å²) in [6.07, 6.45) is -0.610. The lowest BCUT2D eigenvalue weighted by Crippen LogP contribution is -2.27. The van der Waals surface area contributed by atoms with Crippen LogP contribution in [-0.2, 0) is 20.9 Å². The number of hydrogen-bond acceptors (Lipinski definition) is 5. The number of aliphatic carboxylic acids is 1. The van der Waals surface area contributed by atoms with Gasteiger partial charge in [0, 0.05) is 24.8 Å². The number of nitrogens with one attached hydrogen (secondary N) is 1. The molecule has 0 unspecified atom stereocenters. The molecule has 25 heavy (non-hydrogen) atoms. The Kier molecular flexibility index (Phi) is 7.70. The number of nitrogens with zero attached hydrogens (tertiary/aromatic N) is 1. The van der Waals surface area contributed by atoms with Gasteiger partial charge in [-0.2, -0.15) is 0 Å². The van der Waals surface area contributed by atoms with Gasteiger partial charge in [-0.25, -0.2) is 4.79 Å². The van der Waals surface area contributed by atoms with E-state index in [4.69, 9.17) is 14.6 Å². The second-order valence-corrected chi connectivity index (χ2v) is 6.68. The van der Waals surface area contributed by atoms with Crippen LogP contribution in [0.4, 0.5) is 16.2 Å². The first-order valence-electron chi connectivity index (χ1n) is 8.26. The molecule has 0 saturated heterocycles. The van der Waals surface area contributed by atoms with Gasteiger partial charge in [0.2, 0.25) is 0 Å². The molecule has 1 rings (SSSR count). The van der Waals surface area contributed by atoms with Gasteiger partial charge in [0.1, 0.15) is 5.60 Å². The Morgan fingerprint density at radius 3 is 2.52 bits per heavy atom. The molecule has 0 heterocycles. The lowest BCUT2D eigenvalue weighted by molar-refractivity contribution is -0.138. The SMILES string of the molecule is CCN(C)c1ccc(COCCC(=O)O)c(NC(=O)OC(C)(C)C)c1. The van der Waals surface area contributed by atoms with Crippen LogP contribution >= 0.6 is 0 Å². The summed E-state index contributed by atoms with van der Waals surface area (Å²) < 4.78 is 10.7. The summed E-state index contributed by atoms with van der Waals surface area (Å²) >= 11 is 0. The first kappa shape index (κ1) is 20.8. The topological polar surface area (TPSA) is 88.1 Å². The number of hydrogen-bond donors (Lipinski definition) is 2. The van der Waals surface area contributed by atoms with E-state index in [-0.39, 0.29) is 19.6 Å². The smallest absolute Gasteiger partial charge is 0.412 e. The molecule has 140 valence electrons. The molecule has 0 aromatic heterocycles. The fraction of sp³-hybridized carbons (Fsp3) is 0.556. The van der Waals surface area contributed by atoms with Gasteiger partial charge in [-0.3, -0.25) is 10.1 Å². The van der Waals surface area contributed by atoms with Crippen molar-refractivity contribution in [2.75, 3.05) is 30.4 Å². The summed E-state index contributed by atoms with van der Waals surface area (Å²) in [6, 6.07) is 5.64. The number of ether oxygens (including phenoxy) is 2. The average molecular weight is 352 g/mol. The standard InChI is InChI=1S/C18H28N2O5/c1-6-20(5)14-8-7-13(12-24-10-9-16(21)22)15(11-14)19-17(23)25-18(2,3)4/h7-8,11H,6,9-10,12H2,1-5H3,(H,19,23)(H,21,22). The summed E-state index contributed by atoms with van der Waals surface area (Å²) in [5, 5.41) is 11.4. The predicted octanol–water partition coefficient (Wildman–Crippen LogP) is 3.48.